The molecule has 0 fully saturated rings. The minimum atomic E-state index is -0.494. The van der Waals surface area contributed by atoms with Crippen LogP contribution in [0.15, 0.2) is 48.5 Å². The summed E-state index contributed by atoms with van der Waals surface area (Å²) in [5.41, 5.74) is 7.22. The van der Waals surface area contributed by atoms with Gasteiger partial charge in [-0.2, -0.15) is 0 Å². The van der Waals surface area contributed by atoms with Crippen molar-refractivity contribution in [3.05, 3.63) is 64.7 Å². The average molecular weight is 349 g/mol. The molecule has 2 rings (SSSR count). The van der Waals surface area contributed by atoms with Crippen LogP contribution >= 0.6 is 23.4 Å². The van der Waals surface area contributed by atoms with Crippen LogP contribution in [0.5, 0.6) is 0 Å². The number of nitrogens with two attached hydrogens (primary N) is 1. The Kier molecular flexibility index (Phi) is 6.07. The van der Waals surface area contributed by atoms with Gasteiger partial charge in [-0.1, -0.05) is 29.8 Å². The smallest absolute Gasteiger partial charge is 0.248 e. The molecule has 0 aliphatic rings. The quantitative estimate of drug-likeness (QED) is 0.832. The summed E-state index contributed by atoms with van der Waals surface area (Å²) < 4.78 is 0. The van der Waals surface area contributed by atoms with Crippen molar-refractivity contribution in [2.45, 2.75) is 12.2 Å². The molecule has 0 aromatic heterocycles. The second kappa shape index (κ2) is 8.04. The Labute approximate surface area is 144 Å². The van der Waals surface area contributed by atoms with Crippen LogP contribution < -0.4 is 11.1 Å². The van der Waals surface area contributed by atoms with Crippen LogP contribution in [-0.4, -0.2) is 17.6 Å². The van der Waals surface area contributed by atoms with E-state index in [-0.39, 0.29) is 11.2 Å². The molecule has 0 spiro atoms. The first-order chi connectivity index (χ1) is 11.0. The van der Waals surface area contributed by atoms with E-state index >= 15 is 0 Å². The molecule has 0 aliphatic carbocycles. The van der Waals surface area contributed by atoms with Crippen molar-refractivity contribution in [2.75, 3.05) is 11.1 Å². The third-order valence-corrected chi connectivity index (χ3v) is 4.79. The molecule has 0 saturated heterocycles. The maximum absolute atomic E-state index is 12.0. The summed E-state index contributed by atoms with van der Waals surface area (Å²) in [5, 5.41) is 3.61. The van der Waals surface area contributed by atoms with E-state index in [1.54, 1.807) is 24.3 Å². The van der Waals surface area contributed by atoms with Crippen LogP contribution in [0.25, 0.3) is 0 Å². The number of primary amides is 1. The summed E-state index contributed by atoms with van der Waals surface area (Å²) in [5.74, 6) is -0.294. The molecule has 0 bridgehead atoms. The van der Waals surface area contributed by atoms with Gasteiger partial charge in [0.25, 0.3) is 0 Å². The number of benzene rings is 2. The molecule has 23 heavy (non-hydrogen) atoms. The molecule has 3 N–H and O–H groups in total. The highest BCUT2D eigenvalue weighted by Gasteiger charge is 2.12. The van der Waals surface area contributed by atoms with Gasteiger partial charge in [-0.15, -0.1) is 11.8 Å². The number of anilines is 1. The largest absolute Gasteiger partial charge is 0.366 e. The molecule has 0 heterocycles. The van der Waals surface area contributed by atoms with Crippen molar-refractivity contribution in [1.29, 1.82) is 0 Å². The zero-order chi connectivity index (χ0) is 16.8. The second-order valence-corrected chi connectivity index (χ2v) is 6.70. The molecule has 2 aromatic rings. The monoisotopic (exact) mass is 348 g/mol. The SMILES string of the molecule is CC(SCC(=O)Nc1ccc(C(N)=O)cc1)c1ccccc1Cl. The fraction of sp³-hybridized carbons (Fsp3) is 0.176. The molecule has 120 valence electrons. The minimum absolute atomic E-state index is 0.110. The fourth-order valence-corrected chi connectivity index (χ4v) is 3.23. The summed E-state index contributed by atoms with van der Waals surface area (Å²) in [4.78, 5) is 23.0. The van der Waals surface area contributed by atoms with E-state index in [2.05, 4.69) is 5.32 Å². The first-order valence-corrected chi connectivity index (χ1v) is 8.46. The zero-order valence-corrected chi connectivity index (χ0v) is 14.2. The molecule has 0 aliphatic heterocycles. The van der Waals surface area contributed by atoms with Gasteiger partial charge in [-0.25, -0.2) is 0 Å². The lowest BCUT2D eigenvalue weighted by atomic mass is 10.2. The average Bonchev–Trinajstić information content (AvgIpc) is 2.53. The van der Waals surface area contributed by atoms with Crippen LogP contribution in [-0.2, 0) is 4.79 Å². The van der Waals surface area contributed by atoms with Gasteiger partial charge in [-0.05, 0) is 42.8 Å². The van der Waals surface area contributed by atoms with E-state index in [0.717, 1.165) is 5.56 Å². The standard InChI is InChI=1S/C17H17ClN2O2S/c1-11(14-4-2-3-5-15(14)18)23-10-16(21)20-13-8-6-12(7-9-13)17(19)22/h2-9,11H,10H2,1H3,(H2,19,22)(H,20,21). The van der Waals surface area contributed by atoms with Gasteiger partial charge in [-0.3, -0.25) is 9.59 Å². The lowest BCUT2D eigenvalue weighted by molar-refractivity contribution is -0.113. The van der Waals surface area contributed by atoms with E-state index in [4.69, 9.17) is 17.3 Å². The molecule has 0 saturated carbocycles. The van der Waals surface area contributed by atoms with E-state index in [0.29, 0.717) is 22.0 Å². The highest BCUT2D eigenvalue weighted by molar-refractivity contribution is 8.00. The Morgan fingerprint density at radius 2 is 1.83 bits per heavy atom. The van der Waals surface area contributed by atoms with Crippen molar-refractivity contribution in [3.8, 4) is 0 Å². The molecule has 2 amide bonds. The minimum Gasteiger partial charge on any atom is -0.366 e. The summed E-state index contributed by atoms with van der Waals surface area (Å²) in [6.07, 6.45) is 0. The molecular formula is C17H17ClN2O2S. The number of thioether (sulfide) groups is 1. The Hall–Kier alpha value is -1.98. The first-order valence-electron chi connectivity index (χ1n) is 7.03. The van der Waals surface area contributed by atoms with Crippen LogP contribution in [0.3, 0.4) is 0 Å². The maximum Gasteiger partial charge on any atom is 0.248 e. The van der Waals surface area contributed by atoms with E-state index < -0.39 is 5.91 Å². The molecule has 4 nitrogen and oxygen atoms in total. The normalized spacial score (nSPS) is 11.7. The molecular weight excluding hydrogens is 332 g/mol. The molecule has 2 aromatic carbocycles. The zero-order valence-electron chi connectivity index (χ0n) is 12.6. The van der Waals surface area contributed by atoms with E-state index in [9.17, 15) is 9.59 Å². The van der Waals surface area contributed by atoms with Crippen LogP contribution in [0, 0.1) is 0 Å². The van der Waals surface area contributed by atoms with Crippen molar-refractivity contribution in [1.82, 2.24) is 0 Å². The summed E-state index contributed by atoms with van der Waals surface area (Å²) in [6.45, 7) is 2.01. The van der Waals surface area contributed by atoms with Crippen LogP contribution in [0.2, 0.25) is 5.02 Å². The highest BCUT2D eigenvalue weighted by atomic mass is 35.5. The van der Waals surface area contributed by atoms with Gasteiger partial charge in [0.05, 0.1) is 5.75 Å². The third kappa shape index (κ3) is 5.01. The van der Waals surface area contributed by atoms with Crippen LogP contribution in [0.4, 0.5) is 5.69 Å². The number of hydrogen-bond acceptors (Lipinski definition) is 3. The number of halogens is 1. The predicted octanol–water partition coefficient (Wildman–Crippen LogP) is 3.87. The van der Waals surface area contributed by atoms with Crippen molar-refractivity contribution in [2.24, 2.45) is 5.73 Å². The number of carbonyl (C=O) groups is 2. The summed E-state index contributed by atoms with van der Waals surface area (Å²) in [6, 6.07) is 14.1. The van der Waals surface area contributed by atoms with Gasteiger partial charge in [0, 0.05) is 21.5 Å². The Morgan fingerprint density at radius 3 is 2.43 bits per heavy atom. The number of hydrogen-bond donors (Lipinski definition) is 2. The summed E-state index contributed by atoms with van der Waals surface area (Å²) >= 11 is 7.66. The van der Waals surface area contributed by atoms with Crippen LogP contribution in [0.1, 0.15) is 28.1 Å². The second-order valence-electron chi connectivity index (χ2n) is 4.96. The number of rotatable bonds is 6. The number of carbonyl (C=O) groups excluding carboxylic acids is 2. The van der Waals surface area contributed by atoms with Gasteiger partial charge in [0.2, 0.25) is 11.8 Å². The Balaban J connectivity index is 1.87. The topological polar surface area (TPSA) is 72.2 Å². The molecule has 0 radical (unpaired) electrons. The number of nitrogens with one attached hydrogen (secondary N) is 1. The fourth-order valence-electron chi connectivity index (χ4n) is 2.01. The highest BCUT2D eigenvalue weighted by Crippen LogP contribution is 2.32. The Bertz CT molecular complexity index is 704. The lowest BCUT2D eigenvalue weighted by Gasteiger charge is -2.13. The summed E-state index contributed by atoms with van der Waals surface area (Å²) in [7, 11) is 0. The first kappa shape index (κ1) is 17.4. The van der Waals surface area contributed by atoms with E-state index in [1.807, 2.05) is 31.2 Å². The van der Waals surface area contributed by atoms with Gasteiger partial charge in [0.1, 0.15) is 0 Å². The molecule has 1 unspecified atom stereocenters. The van der Waals surface area contributed by atoms with Crippen molar-refractivity contribution < 1.29 is 9.59 Å². The van der Waals surface area contributed by atoms with Crippen molar-refractivity contribution >= 4 is 40.9 Å². The lowest BCUT2D eigenvalue weighted by Crippen LogP contribution is -2.15. The third-order valence-electron chi connectivity index (χ3n) is 3.26. The molecule has 1 atom stereocenters. The van der Waals surface area contributed by atoms with Gasteiger partial charge in [0.15, 0.2) is 0 Å². The maximum atomic E-state index is 12.0. The van der Waals surface area contributed by atoms with Gasteiger partial charge < -0.3 is 11.1 Å². The Morgan fingerprint density at radius 1 is 1.17 bits per heavy atom. The van der Waals surface area contributed by atoms with E-state index in [1.165, 1.54) is 11.8 Å². The number of amides is 2. The predicted molar refractivity (Wildman–Crippen MR) is 95.9 cm³/mol. The molecule has 6 heteroatoms. The van der Waals surface area contributed by atoms with Crippen molar-refractivity contribution in [3.63, 3.8) is 0 Å². The van der Waals surface area contributed by atoms with Gasteiger partial charge >= 0.3 is 0 Å².